The SMILES string of the molecule is Cc1cc(C)c(NC(=O)CSc2nc(-c3cccs3)nc3c2c(=O)n(C)c(=O)n3C)c(C)c1. The third-order valence-electron chi connectivity index (χ3n) is 5.29. The van der Waals surface area contributed by atoms with Crippen LogP contribution >= 0.6 is 23.1 Å². The molecule has 0 saturated carbocycles. The van der Waals surface area contributed by atoms with Gasteiger partial charge >= 0.3 is 5.69 Å². The second-order valence-electron chi connectivity index (χ2n) is 7.84. The van der Waals surface area contributed by atoms with E-state index in [0.717, 1.165) is 43.6 Å². The number of amides is 1. The van der Waals surface area contributed by atoms with E-state index in [1.165, 1.54) is 23.0 Å². The highest BCUT2D eigenvalue weighted by Gasteiger charge is 2.19. The van der Waals surface area contributed by atoms with Crippen LogP contribution < -0.4 is 16.6 Å². The molecule has 0 bridgehead atoms. The standard InChI is InChI=1S/C23H23N5O3S2/c1-12-9-13(2)18(14(3)10-12)24-16(29)11-33-21-17-20(27(4)23(31)28(5)22(17)30)25-19(26-21)15-7-6-8-32-15/h6-10H,11H2,1-5H3,(H,24,29). The zero-order chi connectivity index (χ0) is 23.9. The topological polar surface area (TPSA) is 98.9 Å². The fraction of sp³-hybridized carbons (Fsp3) is 0.261. The maximum Gasteiger partial charge on any atom is 0.332 e. The van der Waals surface area contributed by atoms with E-state index in [0.29, 0.717) is 10.9 Å². The summed E-state index contributed by atoms with van der Waals surface area (Å²) in [6, 6.07) is 7.79. The maximum absolute atomic E-state index is 12.9. The number of carbonyl (C=O) groups excluding carboxylic acids is 1. The highest BCUT2D eigenvalue weighted by Crippen LogP contribution is 2.29. The molecule has 1 aromatic carbocycles. The van der Waals surface area contributed by atoms with Gasteiger partial charge in [0.15, 0.2) is 11.5 Å². The lowest BCUT2D eigenvalue weighted by molar-refractivity contribution is -0.113. The Morgan fingerprint density at radius 3 is 2.42 bits per heavy atom. The Labute approximate surface area is 198 Å². The van der Waals surface area contributed by atoms with Crippen molar-refractivity contribution < 1.29 is 4.79 Å². The third kappa shape index (κ3) is 4.36. The van der Waals surface area contributed by atoms with Crippen molar-refractivity contribution in [1.82, 2.24) is 19.1 Å². The number of carbonyl (C=O) groups is 1. The van der Waals surface area contributed by atoms with Crippen LogP contribution in [0.15, 0.2) is 44.3 Å². The molecule has 0 atom stereocenters. The van der Waals surface area contributed by atoms with Gasteiger partial charge in [0.1, 0.15) is 10.4 Å². The fourth-order valence-electron chi connectivity index (χ4n) is 3.74. The quantitative estimate of drug-likeness (QED) is 0.346. The van der Waals surface area contributed by atoms with E-state index in [2.05, 4.69) is 15.3 Å². The first kappa shape index (κ1) is 22.9. The number of hydrogen-bond acceptors (Lipinski definition) is 7. The highest BCUT2D eigenvalue weighted by molar-refractivity contribution is 8.00. The normalized spacial score (nSPS) is 11.2. The van der Waals surface area contributed by atoms with Gasteiger partial charge in [-0.05, 0) is 43.3 Å². The molecule has 3 heterocycles. The largest absolute Gasteiger partial charge is 0.332 e. The molecule has 0 aliphatic rings. The van der Waals surface area contributed by atoms with Crippen LogP contribution in [0.3, 0.4) is 0 Å². The number of aromatic nitrogens is 4. The van der Waals surface area contributed by atoms with Crippen molar-refractivity contribution in [2.75, 3.05) is 11.1 Å². The van der Waals surface area contributed by atoms with Gasteiger partial charge < -0.3 is 5.32 Å². The van der Waals surface area contributed by atoms with Crippen LogP contribution in [0.25, 0.3) is 21.7 Å². The molecule has 1 N–H and O–H groups in total. The third-order valence-corrected chi connectivity index (χ3v) is 7.13. The number of hydrogen-bond donors (Lipinski definition) is 1. The van der Waals surface area contributed by atoms with Gasteiger partial charge in [-0.15, -0.1) is 11.3 Å². The van der Waals surface area contributed by atoms with Crippen LogP contribution in [0, 0.1) is 20.8 Å². The second kappa shape index (κ2) is 8.95. The molecule has 170 valence electrons. The molecule has 0 radical (unpaired) electrons. The molecular weight excluding hydrogens is 458 g/mol. The summed E-state index contributed by atoms with van der Waals surface area (Å²) in [5.41, 5.74) is 3.18. The Morgan fingerprint density at radius 1 is 1.09 bits per heavy atom. The molecule has 4 aromatic rings. The number of fused-ring (bicyclic) bond motifs is 1. The molecule has 0 aliphatic carbocycles. The van der Waals surface area contributed by atoms with Gasteiger partial charge in [0, 0.05) is 19.8 Å². The summed E-state index contributed by atoms with van der Waals surface area (Å²) in [5, 5.41) is 5.46. The fourth-order valence-corrected chi connectivity index (χ4v) is 5.21. The van der Waals surface area contributed by atoms with Crippen LogP contribution in [0.4, 0.5) is 5.69 Å². The number of aryl methyl sites for hydroxylation is 4. The van der Waals surface area contributed by atoms with Gasteiger partial charge in [0.05, 0.1) is 10.6 Å². The predicted octanol–water partition coefficient (Wildman–Crippen LogP) is 3.41. The van der Waals surface area contributed by atoms with Crippen LogP contribution in [0.2, 0.25) is 0 Å². The molecule has 1 amide bonds. The van der Waals surface area contributed by atoms with Crippen molar-refractivity contribution in [1.29, 1.82) is 0 Å². The minimum atomic E-state index is -0.487. The lowest BCUT2D eigenvalue weighted by atomic mass is 10.1. The zero-order valence-electron chi connectivity index (χ0n) is 18.9. The van der Waals surface area contributed by atoms with Gasteiger partial charge in [-0.2, -0.15) is 0 Å². The summed E-state index contributed by atoms with van der Waals surface area (Å²) in [6.45, 7) is 5.93. The summed E-state index contributed by atoms with van der Waals surface area (Å²) in [5.74, 6) is 0.254. The summed E-state index contributed by atoms with van der Waals surface area (Å²) < 4.78 is 2.36. The molecule has 4 rings (SSSR count). The van der Waals surface area contributed by atoms with E-state index in [1.54, 1.807) is 7.05 Å². The summed E-state index contributed by atoms with van der Waals surface area (Å²) in [7, 11) is 2.99. The number of benzene rings is 1. The van der Waals surface area contributed by atoms with Gasteiger partial charge in [0.2, 0.25) is 5.91 Å². The Bertz CT molecular complexity index is 1480. The first-order valence-corrected chi connectivity index (χ1v) is 12.1. The highest BCUT2D eigenvalue weighted by atomic mass is 32.2. The van der Waals surface area contributed by atoms with E-state index in [-0.39, 0.29) is 22.7 Å². The second-order valence-corrected chi connectivity index (χ2v) is 9.76. The van der Waals surface area contributed by atoms with Crippen molar-refractivity contribution >= 4 is 45.7 Å². The van der Waals surface area contributed by atoms with Crippen LogP contribution in [-0.4, -0.2) is 30.8 Å². The van der Waals surface area contributed by atoms with Crippen LogP contribution in [-0.2, 0) is 18.9 Å². The lowest BCUT2D eigenvalue weighted by Crippen LogP contribution is -2.37. The van der Waals surface area contributed by atoms with Gasteiger partial charge in [-0.3, -0.25) is 18.7 Å². The number of nitrogens with zero attached hydrogens (tertiary/aromatic N) is 4. The average Bonchev–Trinajstić information content (AvgIpc) is 3.31. The van der Waals surface area contributed by atoms with Crippen molar-refractivity contribution in [3.05, 3.63) is 67.2 Å². The average molecular weight is 482 g/mol. The monoisotopic (exact) mass is 481 g/mol. The number of rotatable bonds is 5. The first-order valence-electron chi connectivity index (χ1n) is 10.2. The summed E-state index contributed by atoms with van der Waals surface area (Å²) in [4.78, 5) is 48.1. The van der Waals surface area contributed by atoms with Crippen molar-refractivity contribution in [3.8, 4) is 10.7 Å². The molecule has 0 spiro atoms. The lowest BCUT2D eigenvalue weighted by Gasteiger charge is -2.13. The van der Waals surface area contributed by atoms with E-state index in [9.17, 15) is 14.4 Å². The Kier molecular flexibility index (Phi) is 6.22. The smallest absolute Gasteiger partial charge is 0.325 e. The van der Waals surface area contributed by atoms with Crippen LogP contribution in [0.1, 0.15) is 16.7 Å². The van der Waals surface area contributed by atoms with E-state index >= 15 is 0 Å². The van der Waals surface area contributed by atoms with Crippen molar-refractivity contribution in [2.45, 2.75) is 25.8 Å². The molecule has 8 nitrogen and oxygen atoms in total. The van der Waals surface area contributed by atoms with Gasteiger partial charge in [-0.25, -0.2) is 14.8 Å². The molecular formula is C23H23N5O3S2. The number of anilines is 1. The van der Waals surface area contributed by atoms with Crippen LogP contribution in [0.5, 0.6) is 0 Å². The minimum Gasteiger partial charge on any atom is -0.325 e. The molecule has 3 aromatic heterocycles. The first-order chi connectivity index (χ1) is 15.7. The molecule has 0 aliphatic heterocycles. The zero-order valence-corrected chi connectivity index (χ0v) is 20.6. The van der Waals surface area contributed by atoms with E-state index in [1.807, 2.05) is 50.4 Å². The molecule has 0 saturated heterocycles. The number of thioether (sulfide) groups is 1. The van der Waals surface area contributed by atoms with E-state index < -0.39 is 11.2 Å². The Balaban J connectivity index is 1.73. The maximum atomic E-state index is 12.9. The number of nitrogens with one attached hydrogen (secondary N) is 1. The van der Waals surface area contributed by atoms with E-state index in [4.69, 9.17) is 0 Å². The summed E-state index contributed by atoms with van der Waals surface area (Å²) >= 11 is 2.61. The summed E-state index contributed by atoms with van der Waals surface area (Å²) in [6.07, 6.45) is 0. The molecule has 0 fully saturated rings. The van der Waals surface area contributed by atoms with Crippen molar-refractivity contribution in [2.24, 2.45) is 14.1 Å². The van der Waals surface area contributed by atoms with Gasteiger partial charge in [0.25, 0.3) is 5.56 Å². The number of thiophene rings is 1. The molecule has 33 heavy (non-hydrogen) atoms. The molecule has 0 unspecified atom stereocenters. The Morgan fingerprint density at radius 2 is 1.79 bits per heavy atom. The minimum absolute atomic E-state index is 0.0503. The molecule has 10 heteroatoms. The Hall–Kier alpha value is -3.24. The predicted molar refractivity (Wildman–Crippen MR) is 133 cm³/mol. The van der Waals surface area contributed by atoms with Gasteiger partial charge in [-0.1, -0.05) is 35.5 Å². The van der Waals surface area contributed by atoms with Crippen molar-refractivity contribution in [3.63, 3.8) is 0 Å².